The first kappa shape index (κ1) is 13.6. The van der Waals surface area contributed by atoms with E-state index in [0.717, 1.165) is 16.9 Å². The Balaban J connectivity index is 3.17. The minimum Gasteiger partial charge on any atom is -0.480 e. The minimum atomic E-state index is -0.614. The first-order valence-electron chi connectivity index (χ1n) is 5.79. The summed E-state index contributed by atoms with van der Waals surface area (Å²) in [5, 5.41) is 0. The Morgan fingerprint density at radius 3 is 2.41 bits per heavy atom. The van der Waals surface area contributed by atoms with E-state index in [1.54, 1.807) is 6.92 Å². The first-order chi connectivity index (χ1) is 7.73. The molecule has 0 aromatic heterocycles. The molecule has 0 aliphatic rings. The van der Waals surface area contributed by atoms with Crippen LogP contribution in [0.4, 0.5) is 0 Å². The van der Waals surface area contributed by atoms with Crippen molar-refractivity contribution in [1.82, 2.24) is 0 Å². The van der Waals surface area contributed by atoms with Gasteiger partial charge < -0.3 is 10.5 Å². The van der Waals surface area contributed by atoms with Gasteiger partial charge in [-0.2, -0.15) is 0 Å². The third kappa shape index (κ3) is 3.22. The fourth-order valence-electron chi connectivity index (χ4n) is 1.63. The van der Waals surface area contributed by atoms with Crippen molar-refractivity contribution in [2.24, 2.45) is 5.73 Å². The molecule has 0 spiro atoms. The van der Waals surface area contributed by atoms with Crippen LogP contribution in [0.1, 0.15) is 38.8 Å². The maximum atomic E-state index is 11.1. The molecule has 1 atom stereocenters. The molecule has 1 aromatic rings. The number of hydrogen-bond acceptors (Lipinski definition) is 2. The lowest BCUT2D eigenvalue weighted by Crippen LogP contribution is -2.31. The van der Waals surface area contributed by atoms with Gasteiger partial charge in [0.05, 0.1) is 0 Å². The van der Waals surface area contributed by atoms with Crippen LogP contribution in [0.5, 0.6) is 5.75 Å². The maximum Gasteiger partial charge on any atom is 0.258 e. The predicted octanol–water partition coefficient (Wildman–Crippen LogP) is 2.55. The average molecular weight is 235 g/mol. The van der Waals surface area contributed by atoms with Crippen LogP contribution in [0.25, 0.3) is 0 Å². The van der Waals surface area contributed by atoms with E-state index in [4.69, 9.17) is 10.5 Å². The number of carbonyl (C=O) groups is 1. The van der Waals surface area contributed by atoms with Gasteiger partial charge in [-0.05, 0) is 30.4 Å². The molecule has 0 fully saturated rings. The number of rotatable bonds is 3. The molecule has 1 amide bonds. The normalized spacial score (nSPS) is 13.2. The Kier molecular flexibility index (Phi) is 3.81. The SMILES string of the molecule is Cc1cccc(C(C)(C)C)c1OC(C)C(N)=O. The smallest absolute Gasteiger partial charge is 0.258 e. The minimum absolute atomic E-state index is 0.0290. The van der Waals surface area contributed by atoms with Crippen LogP contribution in [0.2, 0.25) is 0 Å². The van der Waals surface area contributed by atoms with Crippen LogP contribution in [0.15, 0.2) is 18.2 Å². The van der Waals surface area contributed by atoms with Crippen LogP contribution >= 0.6 is 0 Å². The quantitative estimate of drug-likeness (QED) is 0.875. The first-order valence-corrected chi connectivity index (χ1v) is 5.79. The number of nitrogens with two attached hydrogens (primary N) is 1. The van der Waals surface area contributed by atoms with E-state index in [9.17, 15) is 4.79 Å². The number of carbonyl (C=O) groups excluding carboxylic acids is 1. The average Bonchev–Trinajstić information content (AvgIpc) is 2.18. The van der Waals surface area contributed by atoms with Crippen molar-refractivity contribution < 1.29 is 9.53 Å². The fraction of sp³-hybridized carbons (Fsp3) is 0.500. The zero-order valence-corrected chi connectivity index (χ0v) is 11.2. The number of para-hydroxylation sites is 1. The number of hydrogen-bond donors (Lipinski definition) is 1. The van der Waals surface area contributed by atoms with E-state index >= 15 is 0 Å². The Bertz CT molecular complexity index is 419. The zero-order valence-electron chi connectivity index (χ0n) is 11.2. The monoisotopic (exact) mass is 235 g/mol. The third-order valence-corrected chi connectivity index (χ3v) is 2.72. The predicted molar refractivity (Wildman–Crippen MR) is 69.2 cm³/mol. The van der Waals surface area contributed by atoms with Crippen molar-refractivity contribution in [1.29, 1.82) is 0 Å². The summed E-state index contributed by atoms with van der Waals surface area (Å²) in [5.41, 5.74) is 7.31. The molecular formula is C14H21NO2. The van der Waals surface area contributed by atoms with E-state index in [-0.39, 0.29) is 5.41 Å². The number of benzene rings is 1. The van der Waals surface area contributed by atoms with Crippen LogP contribution in [-0.4, -0.2) is 12.0 Å². The van der Waals surface area contributed by atoms with Crippen LogP contribution in [-0.2, 0) is 10.2 Å². The largest absolute Gasteiger partial charge is 0.480 e. The Morgan fingerprint density at radius 2 is 1.94 bits per heavy atom. The van der Waals surface area contributed by atoms with Crippen molar-refractivity contribution in [2.45, 2.75) is 46.1 Å². The lowest BCUT2D eigenvalue weighted by Gasteiger charge is -2.25. The molecule has 3 heteroatoms. The molecule has 17 heavy (non-hydrogen) atoms. The number of aryl methyl sites for hydroxylation is 1. The molecule has 0 radical (unpaired) electrons. The van der Waals surface area contributed by atoms with E-state index in [1.165, 1.54) is 0 Å². The molecule has 94 valence electrons. The Hall–Kier alpha value is -1.51. The second-order valence-corrected chi connectivity index (χ2v) is 5.36. The van der Waals surface area contributed by atoms with E-state index < -0.39 is 12.0 Å². The van der Waals surface area contributed by atoms with Gasteiger partial charge in [0.2, 0.25) is 0 Å². The summed E-state index contributed by atoms with van der Waals surface area (Å²) in [6.07, 6.45) is -0.614. The molecule has 1 unspecified atom stereocenters. The highest BCUT2D eigenvalue weighted by Crippen LogP contribution is 2.34. The summed E-state index contributed by atoms with van der Waals surface area (Å²) >= 11 is 0. The number of ether oxygens (including phenoxy) is 1. The second-order valence-electron chi connectivity index (χ2n) is 5.36. The van der Waals surface area contributed by atoms with Crippen molar-refractivity contribution in [2.75, 3.05) is 0 Å². The molecular weight excluding hydrogens is 214 g/mol. The summed E-state index contributed by atoms with van der Waals surface area (Å²) in [6.45, 7) is 9.98. The highest BCUT2D eigenvalue weighted by atomic mass is 16.5. The Labute approximate surface area is 103 Å². The zero-order chi connectivity index (χ0) is 13.2. The van der Waals surface area contributed by atoms with Gasteiger partial charge in [0, 0.05) is 0 Å². The van der Waals surface area contributed by atoms with E-state index in [1.807, 2.05) is 25.1 Å². The van der Waals surface area contributed by atoms with Crippen molar-refractivity contribution in [3.05, 3.63) is 29.3 Å². The standard InChI is InChI=1S/C14H21NO2/c1-9-7-6-8-11(14(3,4)5)12(9)17-10(2)13(15)16/h6-8,10H,1-5H3,(H2,15,16). The molecule has 0 saturated heterocycles. The van der Waals surface area contributed by atoms with Gasteiger partial charge in [-0.3, -0.25) is 4.79 Å². The molecule has 0 heterocycles. The third-order valence-electron chi connectivity index (χ3n) is 2.72. The van der Waals surface area contributed by atoms with E-state index in [2.05, 4.69) is 20.8 Å². The van der Waals surface area contributed by atoms with Gasteiger partial charge in [-0.15, -0.1) is 0 Å². The molecule has 1 rings (SSSR count). The molecule has 0 saturated carbocycles. The van der Waals surface area contributed by atoms with Crippen molar-refractivity contribution >= 4 is 5.91 Å². The van der Waals surface area contributed by atoms with Gasteiger partial charge in [0.15, 0.2) is 6.10 Å². The topological polar surface area (TPSA) is 52.3 Å². The summed E-state index contributed by atoms with van der Waals surface area (Å²) in [5.74, 6) is 0.319. The molecule has 0 aliphatic heterocycles. The highest BCUT2D eigenvalue weighted by molar-refractivity contribution is 5.78. The summed E-state index contributed by atoms with van der Waals surface area (Å²) in [4.78, 5) is 11.1. The summed E-state index contributed by atoms with van der Waals surface area (Å²) in [7, 11) is 0. The molecule has 1 aromatic carbocycles. The van der Waals surface area contributed by atoms with Gasteiger partial charge in [0.25, 0.3) is 5.91 Å². The second kappa shape index (κ2) is 4.78. The van der Waals surface area contributed by atoms with Gasteiger partial charge in [-0.25, -0.2) is 0 Å². The highest BCUT2D eigenvalue weighted by Gasteiger charge is 2.22. The lowest BCUT2D eigenvalue weighted by atomic mass is 9.85. The van der Waals surface area contributed by atoms with Gasteiger partial charge in [0.1, 0.15) is 5.75 Å². The van der Waals surface area contributed by atoms with E-state index in [0.29, 0.717) is 0 Å². The molecule has 2 N–H and O–H groups in total. The molecule has 3 nitrogen and oxygen atoms in total. The number of primary amides is 1. The summed E-state index contributed by atoms with van der Waals surface area (Å²) in [6, 6.07) is 5.99. The van der Waals surface area contributed by atoms with Crippen LogP contribution in [0.3, 0.4) is 0 Å². The Morgan fingerprint density at radius 1 is 1.35 bits per heavy atom. The molecule has 0 aliphatic carbocycles. The van der Waals surface area contributed by atoms with Gasteiger partial charge >= 0.3 is 0 Å². The maximum absolute atomic E-state index is 11.1. The fourth-order valence-corrected chi connectivity index (χ4v) is 1.63. The number of amides is 1. The van der Waals surface area contributed by atoms with Crippen molar-refractivity contribution in [3.8, 4) is 5.75 Å². The van der Waals surface area contributed by atoms with Crippen molar-refractivity contribution in [3.63, 3.8) is 0 Å². The van der Waals surface area contributed by atoms with Gasteiger partial charge in [-0.1, -0.05) is 39.0 Å². The molecule has 0 bridgehead atoms. The van der Waals surface area contributed by atoms with Crippen LogP contribution in [0, 0.1) is 6.92 Å². The lowest BCUT2D eigenvalue weighted by molar-refractivity contribution is -0.124. The van der Waals surface area contributed by atoms with Crippen LogP contribution < -0.4 is 10.5 Å². The summed E-state index contributed by atoms with van der Waals surface area (Å²) < 4.78 is 5.69.